The van der Waals surface area contributed by atoms with Gasteiger partial charge in [0.25, 0.3) is 5.91 Å². The highest BCUT2D eigenvalue weighted by Crippen LogP contribution is 2.19. The van der Waals surface area contributed by atoms with Gasteiger partial charge >= 0.3 is 5.63 Å². The molecule has 0 atom stereocenters. The summed E-state index contributed by atoms with van der Waals surface area (Å²) in [6.07, 6.45) is 0. The van der Waals surface area contributed by atoms with Crippen LogP contribution in [-0.2, 0) is 10.0 Å². The Morgan fingerprint density at radius 1 is 1.04 bits per heavy atom. The van der Waals surface area contributed by atoms with Crippen LogP contribution in [0.15, 0.2) is 68.7 Å². The van der Waals surface area contributed by atoms with Gasteiger partial charge in [0.2, 0.25) is 10.0 Å². The number of anilines is 1. The molecular weight excluding hydrogens is 380 g/mol. The molecule has 1 amide bonds. The monoisotopic (exact) mass is 400 g/mol. The van der Waals surface area contributed by atoms with Crippen LogP contribution in [0.5, 0.6) is 0 Å². The van der Waals surface area contributed by atoms with Gasteiger partial charge in [0.05, 0.1) is 4.90 Å². The Morgan fingerprint density at radius 3 is 2.32 bits per heavy atom. The third kappa shape index (κ3) is 3.83. The van der Waals surface area contributed by atoms with E-state index in [0.717, 1.165) is 0 Å². The van der Waals surface area contributed by atoms with E-state index in [4.69, 9.17) is 4.42 Å². The molecule has 0 aliphatic carbocycles. The number of sulfonamides is 1. The molecule has 1 aromatic heterocycles. The molecule has 0 unspecified atom stereocenters. The van der Waals surface area contributed by atoms with Crippen molar-refractivity contribution in [2.24, 2.45) is 0 Å². The maximum absolute atomic E-state index is 12.5. The van der Waals surface area contributed by atoms with E-state index in [1.807, 2.05) is 0 Å². The molecule has 0 aliphatic heterocycles. The van der Waals surface area contributed by atoms with E-state index in [9.17, 15) is 18.0 Å². The zero-order valence-electron chi connectivity index (χ0n) is 15.5. The minimum Gasteiger partial charge on any atom is -0.422 e. The molecule has 3 rings (SSSR count). The van der Waals surface area contributed by atoms with Crippen molar-refractivity contribution < 1.29 is 17.6 Å². The van der Waals surface area contributed by atoms with Crippen molar-refractivity contribution >= 4 is 32.6 Å². The Labute approximate surface area is 162 Å². The van der Waals surface area contributed by atoms with Crippen molar-refractivity contribution in [3.63, 3.8) is 0 Å². The fraction of sp³-hybridized carbons (Fsp3) is 0.200. The van der Waals surface area contributed by atoms with Crippen LogP contribution in [0.2, 0.25) is 0 Å². The van der Waals surface area contributed by atoms with Gasteiger partial charge in [-0.3, -0.25) is 4.79 Å². The Morgan fingerprint density at radius 2 is 1.68 bits per heavy atom. The zero-order valence-corrected chi connectivity index (χ0v) is 16.3. The van der Waals surface area contributed by atoms with Crippen LogP contribution in [0.25, 0.3) is 11.0 Å². The molecule has 0 fully saturated rings. The number of fused-ring (bicyclic) bond motifs is 1. The van der Waals surface area contributed by atoms with Crippen molar-refractivity contribution in [2.45, 2.75) is 18.7 Å². The second-order valence-corrected chi connectivity index (χ2v) is 7.99. The largest absolute Gasteiger partial charge is 0.422 e. The molecule has 0 saturated carbocycles. The highest BCUT2D eigenvalue weighted by molar-refractivity contribution is 7.89. The van der Waals surface area contributed by atoms with Gasteiger partial charge in [-0.05, 0) is 36.4 Å². The van der Waals surface area contributed by atoms with Crippen LogP contribution >= 0.6 is 0 Å². The van der Waals surface area contributed by atoms with Gasteiger partial charge in [-0.2, -0.15) is 4.31 Å². The van der Waals surface area contributed by atoms with Crippen molar-refractivity contribution in [1.82, 2.24) is 4.31 Å². The predicted molar refractivity (Wildman–Crippen MR) is 107 cm³/mol. The van der Waals surface area contributed by atoms with E-state index < -0.39 is 21.6 Å². The average Bonchev–Trinajstić information content (AvgIpc) is 2.68. The summed E-state index contributed by atoms with van der Waals surface area (Å²) in [4.78, 5) is 24.7. The van der Waals surface area contributed by atoms with E-state index >= 15 is 0 Å². The number of benzene rings is 2. The van der Waals surface area contributed by atoms with Crippen molar-refractivity contribution in [3.8, 4) is 0 Å². The summed E-state index contributed by atoms with van der Waals surface area (Å²) in [5.74, 6) is -0.626. The van der Waals surface area contributed by atoms with Gasteiger partial charge in [0.15, 0.2) is 0 Å². The molecule has 0 bridgehead atoms. The number of amides is 1. The van der Waals surface area contributed by atoms with E-state index in [1.54, 1.807) is 38.1 Å². The fourth-order valence-corrected chi connectivity index (χ4v) is 4.30. The predicted octanol–water partition coefficient (Wildman–Crippen LogP) is 3.08. The van der Waals surface area contributed by atoms with E-state index in [1.165, 1.54) is 34.6 Å². The molecule has 1 heterocycles. The van der Waals surface area contributed by atoms with Gasteiger partial charge in [-0.15, -0.1) is 0 Å². The van der Waals surface area contributed by atoms with Gasteiger partial charge in [0, 0.05) is 24.2 Å². The minimum absolute atomic E-state index is 0.126. The Kier molecular flexibility index (Phi) is 5.62. The van der Waals surface area contributed by atoms with E-state index in [-0.39, 0.29) is 10.5 Å². The number of carbonyl (C=O) groups is 1. The molecule has 8 heteroatoms. The molecule has 146 valence electrons. The number of rotatable bonds is 6. The van der Waals surface area contributed by atoms with Crippen molar-refractivity contribution in [1.29, 1.82) is 0 Å². The summed E-state index contributed by atoms with van der Waals surface area (Å²) >= 11 is 0. The standard InChI is InChI=1S/C20H20N2O5S/c1-3-22(4-2)28(25,26)16-11-9-15(10-12-16)21-19(23)17-13-14-7-5-6-8-18(14)27-20(17)24/h5-13H,3-4H2,1-2H3,(H,21,23). The van der Waals surface area contributed by atoms with Crippen LogP contribution in [-0.4, -0.2) is 31.7 Å². The first-order valence-corrected chi connectivity index (χ1v) is 10.2. The van der Waals surface area contributed by atoms with Crippen molar-refractivity contribution in [2.75, 3.05) is 18.4 Å². The molecule has 1 N–H and O–H groups in total. The lowest BCUT2D eigenvalue weighted by Gasteiger charge is -2.18. The number of nitrogens with one attached hydrogen (secondary N) is 1. The van der Waals surface area contributed by atoms with Crippen LogP contribution in [0.4, 0.5) is 5.69 Å². The van der Waals surface area contributed by atoms with Gasteiger partial charge in [-0.25, -0.2) is 13.2 Å². The highest BCUT2D eigenvalue weighted by atomic mass is 32.2. The van der Waals surface area contributed by atoms with Gasteiger partial charge in [0.1, 0.15) is 11.1 Å². The molecule has 0 aliphatic rings. The molecule has 0 radical (unpaired) electrons. The highest BCUT2D eigenvalue weighted by Gasteiger charge is 2.21. The molecule has 0 saturated heterocycles. The maximum Gasteiger partial charge on any atom is 0.349 e. The third-order valence-corrected chi connectivity index (χ3v) is 6.41. The number of carbonyl (C=O) groups excluding carboxylic acids is 1. The summed E-state index contributed by atoms with van der Waals surface area (Å²) < 4.78 is 31.5. The molecule has 28 heavy (non-hydrogen) atoms. The maximum atomic E-state index is 12.5. The summed E-state index contributed by atoms with van der Waals surface area (Å²) in [7, 11) is -3.57. The van der Waals surface area contributed by atoms with Crippen LogP contribution < -0.4 is 10.9 Å². The van der Waals surface area contributed by atoms with Gasteiger partial charge < -0.3 is 9.73 Å². The van der Waals surface area contributed by atoms with Gasteiger partial charge in [-0.1, -0.05) is 32.0 Å². The summed E-state index contributed by atoms with van der Waals surface area (Å²) in [5.41, 5.74) is -0.0958. The normalized spacial score (nSPS) is 11.7. The second-order valence-electron chi connectivity index (χ2n) is 6.05. The first-order valence-electron chi connectivity index (χ1n) is 8.81. The van der Waals surface area contributed by atoms with E-state index in [0.29, 0.717) is 29.7 Å². The first kappa shape index (κ1) is 19.8. The number of hydrogen-bond acceptors (Lipinski definition) is 5. The fourth-order valence-electron chi connectivity index (χ4n) is 2.84. The Bertz CT molecular complexity index is 1160. The smallest absolute Gasteiger partial charge is 0.349 e. The summed E-state index contributed by atoms with van der Waals surface area (Å²) in [5, 5.41) is 3.22. The average molecular weight is 400 g/mol. The molecule has 7 nitrogen and oxygen atoms in total. The molecular formula is C20H20N2O5S. The minimum atomic E-state index is -3.57. The SMILES string of the molecule is CCN(CC)S(=O)(=O)c1ccc(NC(=O)c2cc3ccccc3oc2=O)cc1. The lowest BCUT2D eigenvalue weighted by molar-refractivity contribution is 0.102. The topological polar surface area (TPSA) is 96.7 Å². The van der Waals surface area contributed by atoms with Crippen molar-refractivity contribution in [3.05, 3.63) is 70.6 Å². The number of hydrogen-bond donors (Lipinski definition) is 1. The summed E-state index contributed by atoms with van der Waals surface area (Å²) in [6.45, 7) is 4.28. The van der Waals surface area contributed by atoms with E-state index in [2.05, 4.69) is 5.32 Å². The quantitative estimate of drug-likeness (QED) is 0.642. The molecule has 3 aromatic rings. The summed E-state index contributed by atoms with van der Waals surface area (Å²) in [6, 6.07) is 14.2. The number of nitrogens with zero attached hydrogens (tertiary/aromatic N) is 1. The number of para-hydroxylation sites is 1. The Hall–Kier alpha value is -2.97. The first-order chi connectivity index (χ1) is 13.4. The zero-order chi connectivity index (χ0) is 20.3. The molecule has 0 spiro atoms. The van der Waals surface area contributed by atoms with Crippen LogP contribution in [0.3, 0.4) is 0 Å². The second kappa shape index (κ2) is 7.95. The van der Waals surface area contributed by atoms with Crippen LogP contribution in [0.1, 0.15) is 24.2 Å². The Balaban J connectivity index is 1.84. The lowest BCUT2D eigenvalue weighted by Crippen LogP contribution is -2.30. The lowest BCUT2D eigenvalue weighted by atomic mass is 10.1. The van der Waals surface area contributed by atoms with Crippen LogP contribution in [0, 0.1) is 0 Å². The third-order valence-electron chi connectivity index (χ3n) is 4.34. The molecule has 2 aromatic carbocycles.